The Labute approximate surface area is 388 Å². The zero-order valence-corrected chi connectivity index (χ0v) is 42.8. The van der Waals surface area contributed by atoms with Gasteiger partial charge < -0.3 is 0 Å². The highest BCUT2D eigenvalue weighted by molar-refractivity contribution is 7.99. The number of hydrogen-bond donors (Lipinski definition) is 0. The fourth-order valence-electron chi connectivity index (χ4n) is 9.75. The van der Waals surface area contributed by atoms with E-state index in [4.69, 9.17) is 0 Å². The molecule has 0 unspecified atom stereocenters. The molecule has 0 aromatic heterocycles. The van der Waals surface area contributed by atoms with E-state index in [1.165, 1.54) is 283 Å². The van der Waals surface area contributed by atoms with E-state index in [1.807, 2.05) is 0 Å². The fourth-order valence-corrected chi connectivity index (χ4v) is 11.0. The molecule has 352 valence electrons. The molecule has 0 spiro atoms. The predicted octanol–water partition coefficient (Wildman–Crippen LogP) is 21.7. The third kappa shape index (κ3) is 30.5. The zero-order valence-electron chi connectivity index (χ0n) is 42.0. The first-order valence-electron chi connectivity index (χ1n) is 28.1. The Morgan fingerprint density at radius 1 is 0.246 bits per heavy atom. The lowest BCUT2D eigenvalue weighted by Crippen LogP contribution is -2.01. The SMILES string of the molecule is CCCCCCCCCCCCc1cccc(Sc2cccc(CCCCCCCCCCCC)c2CCCCCCCCCCCC)c1CCCCCCCCCCCC. The number of hydrogen-bond acceptors (Lipinski definition) is 1. The van der Waals surface area contributed by atoms with Crippen LogP contribution in [-0.2, 0) is 25.7 Å². The van der Waals surface area contributed by atoms with Crippen molar-refractivity contribution in [1.29, 1.82) is 0 Å². The molecular formula is C60H106S. The average molecular weight is 860 g/mol. The van der Waals surface area contributed by atoms with Crippen LogP contribution in [-0.4, -0.2) is 0 Å². The van der Waals surface area contributed by atoms with Crippen molar-refractivity contribution in [2.75, 3.05) is 0 Å². The van der Waals surface area contributed by atoms with Gasteiger partial charge in [-0.3, -0.25) is 0 Å². The van der Waals surface area contributed by atoms with Gasteiger partial charge in [0.05, 0.1) is 0 Å². The van der Waals surface area contributed by atoms with Crippen LogP contribution in [0.15, 0.2) is 46.2 Å². The normalized spacial score (nSPS) is 11.6. The van der Waals surface area contributed by atoms with Crippen LogP contribution in [0, 0.1) is 0 Å². The van der Waals surface area contributed by atoms with Crippen LogP contribution in [0.25, 0.3) is 0 Å². The summed E-state index contributed by atoms with van der Waals surface area (Å²) in [5, 5.41) is 0. The lowest BCUT2D eigenvalue weighted by atomic mass is 9.96. The monoisotopic (exact) mass is 859 g/mol. The molecule has 2 aromatic rings. The van der Waals surface area contributed by atoms with Gasteiger partial charge in [0.1, 0.15) is 0 Å². The summed E-state index contributed by atoms with van der Waals surface area (Å²) in [7, 11) is 0. The lowest BCUT2D eigenvalue weighted by Gasteiger charge is -2.19. The molecular weight excluding hydrogens is 753 g/mol. The molecule has 0 aliphatic heterocycles. The molecule has 0 aliphatic carbocycles. The van der Waals surface area contributed by atoms with Crippen LogP contribution in [0.1, 0.15) is 307 Å². The summed E-state index contributed by atoms with van der Waals surface area (Å²) in [5.41, 5.74) is 6.73. The van der Waals surface area contributed by atoms with Gasteiger partial charge >= 0.3 is 0 Å². The number of benzene rings is 2. The highest BCUT2D eigenvalue weighted by Crippen LogP contribution is 2.38. The van der Waals surface area contributed by atoms with E-state index in [1.54, 1.807) is 32.0 Å². The summed E-state index contributed by atoms with van der Waals surface area (Å²) < 4.78 is 0. The molecule has 0 amide bonds. The van der Waals surface area contributed by atoms with Gasteiger partial charge in [-0.2, -0.15) is 0 Å². The molecule has 1 heteroatoms. The first kappa shape index (κ1) is 55.9. The smallest absolute Gasteiger partial charge is 0.0157 e. The van der Waals surface area contributed by atoms with Crippen molar-refractivity contribution in [2.45, 2.75) is 320 Å². The Kier molecular flexibility index (Phi) is 39.2. The van der Waals surface area contributed by atoms with E-state index in [9.17, 15) is 0 Å². The van der Waals surface area contributed by atoms with E-state index < -0.39 is 0 Å². The molecule has 2 aromatic carbocycles. The molecule has 2 rings (SSSR count). The first-order chi connectivity index (χ1) is 30.2. The first-order valence-corrected chi connectivity index (χ1v) is 29.0. The van der Waals surface area contributed by atoms with Crippen molar-refractivity contribution in [3.8, 4) is 0 Å². The number of aryl methyl sites for hydroxylation is 2. The summed E-state index contributed by atoms with van der Waals surface area (Å²) >= 11 is 2.15. The van der Waals surface area contributed by atoms with Gasteiger partial charge in [0.2, 0.25) is 0 Å². The van der Waals surface area contributed by atoms with Gasteiger partial charge in [0.25, 0.3) is 0 Å². The van der Waals surface area contributed by atoms with Crippen LogP contribution in [0.5, 0.6) is 0 Å². The minimum absolute atomic E-state index is 1.26. The van der Waals surface area contributed by atoms with Crippen molar-refractivity contribution >= 4 is 11.8 Å². The summed E-state index contributed by atoms with van der Waals surface area (Å²) in [6, 6.07) is 14.8. The largest absolute Gasteiger partial charge is 0.0895 e. The van der Waals surface area contributed by atoms with Crippen LogP contribution >= 0.6 is 11.8 Å². The van der Waals surface area contributed by atoms with Gasteiger partial charge in [0, 0.05) is 9.79 Å². The minimum atomic E-state index is 1.26. The molecule has 0 bridgehead atoms. The quantitative estimate of drug-likeness (QED) is 0.0598. The molecule has 0 atom stereocenters. The molecule has 0 N–H and O–H groups in total. The van der Waals surface area contributed by atoms with Crippen molar-refractivity contribution < 1.29 is 0 Å². The molecule has 0 fully saturated rings. The topological polar surface area (TPSA) is 0 Å². The van der Waals surface area contributed by atoms with Gasteiger partial charge in [-0.05, 0) is 85.8 Å². The van der Waals surface area contributed by atoms with E-state index in [0.717, 1.165) is 0 Å². The second-order valence-electron chi connectivity index (χ2n) is 19.6. The van der Waals surface area contributed by atoms with Crippen LogP contribution in [0.3, 0.4) is 0 Å². The molecule has 0 heterocycles. The standard InChI is InChI=1S/C60H106S/c1-5-9-13-17-21-25-29-33-37-41-47-55-49-45-53-59(57(55)51-43-39-35-31-27-23-19-15-11-7-3)61-60-54-46-50-56(48-42-38-34-30-26-22-18-14-10-6-2)58(60)52-44-40-36-32-28-24-20-16-12-8-4/h45-46,49-50,53-54H,5-44,47-48,51-52H2,1-4H3. The van der Waals surface area contributed by atoms with Crippen molar-refractivity contribution in [1.82, 2.24) is 0 Å². The van der Waals surface area contributed by atoms with E-state index in [-0.39, 0.29) is 0 Å². The lowest BCUT2D eigenvalue weighted by molar-refractivity contribution is 0.552. The van der Waals surface area contributed by atoms with Crippen molar-refractivity contribution in [3.63, 3.8) is 0 Å². The Morgan fingerprint density at radius 3 is 0.705 bits per heavy atom. The highest BCUT2D eigenvalue weighted by atomic mass is 32.2. The number of rotatable bonds is 46. The second-order valence-corrected chi connectivity index (χ2v) is 20.7. The molecule has 0 nitrogen and oxygen atoms in total. The van der Waals surface area contributed by atoms with E-state index >= 15 is 0 Å². The van der Waals surface area contributed by atoms with Crippen LogP contribution in [0.2, 0.25) is 0 Å². The summed E-state index contributed by atoms with van der Waals surface area (Å²) in [6.07, 6.45) is 61.7. The maximum absolute atomic E-state index is 2.51. The summed E-state index contributed by atoms with van der Waals surface area (Å²) in [5.74, 6) is 0. The summed E-state index contributed by atoms with van der Waals surface area (Å²) in [4.78, 5) is 3.14. The second kappa shape index (κ2) is 42.7. The minimum Gasteiger partial charge on any atom is -0.0895 e. The molecule has 0 radical (unpaired) electrons. The third-order valence-electron chi connectivity index (χ3n) is 13.8. The molecule has 0 saturated heterocycles. The van der Waals surface area contributed by atoms with E-state index in [0.29, 0.717) is 0 Å². The molecule has 0 saturated carbocycles. The van der Waals surface area contributed by atoms with E-state index in [2.05, 4.69) is 75.9 Å². The Bertz CT molecular complexity index is 1120. The Balaban J connectivity index is 2.11. The molecule has 61 heavy (non-hydrogen) atoms. The van der Waals surface area contributed by atoms with Gasteiger partial charge in [0.15, 0.2) is 0 Å². The predicted molar refractivity (Wildman–Crippen MR) is 279 cm³/mol. The average Bonchev–Trinajstić information content (AvgIpc) is 3.27. The third-order valence-corrected chi connectivity index (χ3v) is 15.0. The Hall–Kier alpha value is -1.21. The van der Waals surface area contributed by atoms with Crippen molar-refractivity contribution in [2.24, 2.45) is 0 Å². The summed E-state index contributed by atoms with van der Waals surface area (Å²) in [6.45, 7) is 9.31. The highest BCUT2D eigenvalue weighted by Gasteiger charge is 2.15. The van der Waals surface area contributed by atoms with Crippen LogP contribution in [0.4, 0.5) is 0 Å². The fraction of sp³-hybridized carbons (Fsp3) is 0.800. The van der Waals surface area contributed by atoms with Gasteiger partial charge in [-0.25, -0.2) is 0 Å². The zero-order chi connectivity index (χ0) is 43.5. The maximum Gasteiger partial charge on any atom is 0.0157 e. The van der Waals surface area contributed by atoms with Crippen molar-refractivity contribution in [3.05, 3.63) is 58.7 Å². The molecule has 0 aliphatic rings. The Morgan fingerprint density at radius 2 is 0.459 bits per heavy atom. The van der Waals surface area contributed by atoms with Gasteiger partial charge in [-0.15, -0.1) is 0 Å². The maximum atomic E-state index is 2.51. The van der Waals surface area contributed by atoms with Crippen LogP contribution < -0.4 is 0 Å². The number of unbranched alkanes of at least 4 members (excludes halogenated alkanes) is 36. The van der Waals surface area contributed by atoms with Gasteiger partial charge in [-0.1, -0.05) is 295 Å².